The van der Waals surface area contributed by atoms with Crippen molar-refractivity contribution in [2.24, 2.45) is 0 Å². The predicted molar refractivity (Wildman–Crippen MR) is 116 cm³/mol. The number of ether oxygens (including phenoxy) is 4. The summed E-state index contributed by atoms with van der Waals surface area (Å²) in [5, 5.41) is 0. The van der Waals surface area contributed by atoms with Crippen LogP contribution in [0.1, 0.15) is 34.6 Å². The minimum absolute atomic E-state index is 0.209. The number of carbonyl (C=O) groups excluding carboxylic acids is 2. The van der Waals surface area contributed by atoms with Gasteiger partial charge in [0, 0.05) is 0 Å². The first-order chi connectivity index (χ1) is 15.0. The average Bonchev–Trinajstić information content (AvgIpc) is 2.77. The summed E-state index contributed by atoms with van der Waals surface area (Å²) in [5.74, 6) is 0.482. The van der Waals surface area contributed by atoms with Crippen molar-refractivity contribution in [1.29, 1.82) is 0 Å². The summed E-state index contributed by atoms with van der Waals surface area (Å²) >= 11 is 0. The Hall–Kier alpha value is -3.80. The Bertz CT molecular complexity index is 996. The molecule has 0 heterocycles. The Labute approximate surface area is 181 Å². The van der Waals surface area contributed by atoms with E-state index in [0.29, 0.717) is 29.2 Å². The highest BCUT2D eigenvalue weighted by atomic mass is 16.5. The number of esters is 2. The third-order valence-corrected chi connectivity index (χ3v) is 4.10. The molecule has 0 atom stereocenters. The molecule has 0 bridgehead atoms. The van der Waals surface area contributed by atoms with Crippen molar-refractivity contribution in [1.82, 2.24) is 0 Å². The Morgan fingerprint density at radius 1 is 0.710 bits per heavy atom. The Morgan fingerprint density at radius 2 is 1.35 bits per heavy atom. The molecule has 6 heteroatoms. The molecule has 0 unspecified atom stereocenters. The number of rotatable bonds is 9. The molecule has 0 radical (unpaired) electrons. The molecule has 3 aromatic carbocycles. The van der Waals surface area contributed by atoms with E-state index in [9.17, 15) is 9.59 Å². The largest absolute Gasteiger partial charge is 0.490 e. The lowest BCUT2D eigenvalue weighted by atomic mass is 10.2. The highest BCUT2D eigenvalue weighted by molar-refractivity contribution is 5.94. The number of benzene rings is 3. The first-order valence-electron chi connectivity index (χ1n) is 9.96. The lowest BCUT2D eigenvalue weighted by Gasteiger charge is -2.12. The van der Waals surface area contributed by atoms with Crippen LogP contribution >= 0.6 is 0 Å². The van der Waals surface area contributed by atoms with Gasteiger partial charge in [0.15, 0.2) is 0 Å². The maximum absolute atomic E-state index is 12.6. The van der Waals surface area contributed by atoms with Crippen LogP contribution in [-0.4, -0.2) is 31.3 Å². The zero-order chi connectivity index (χ0) is 22.1. The number of hydrogen-bond donors (Lipinski definition) is 0. The van der Waals surface area contributed by atoms with Gasteiger partial charge in [0.1, 0.15) is 36.0 Å². The van der Waals surface area contributed by atoms with Crippen LogP contribution in [0.3, 0.4) is 0 Å². The molecule has 3 aromatic rings. The monoisotopic (exact) mass is 420 g/mol. The molecule has 0 saturated heterocycles. The Kier molecular flexibility index (Phi) is 7.65. The highest BCUT2D eigenvalue weighted by Gasteiger charge is 2.15. The van der Waals surface area contributed by atoms with Gasteiger partial charge in [-0.05, 0) is 62.4 Å². The first-order valence-corrected chi connectivity index (χ1v) is 9.96. The molecule has 0 fully saturated rings. The van der Waals surface area contributed by atoms with Crippen LogP contribution in [0.5, 0.6) is 17.2 Å². The van der Waals surface area contributed by atoms with Crippen molar-refractivity contribution in [3.05, 3.63) is 90.0 Å². The molecule has 6 nitrogen and oxygen atoms in total. The van der Waals surface area contributed by atoms with Gasteiger partial charge in [0.2, 0.25) is 0 Å². The van der Waals surface area contributed by atoms with E-state index >= 15 is 0 Å². The van der Waals surface area contributed by atoms with Gasteiger partial charge in [0.25, 0.3) is 0 Å². The lowest BCUT2D eigenvalue weighted by Crippen LogP contribution is -2.14. The fourth-order valence-electron chi connectivity index (χ4n) is 2.69. The summed E-state index contributed by atoms with van der Waals surface area (Å²) in [6.07, 6.45) is -0.209. The molecule has 0 N–H and O–H groups in total. The quantitative estimate of drug-likeness (QED) is 0.278. The standard InChI is InChI=1S/C25H24O6/c1-18(2)30-24(26)19-12-14-21(15-13-19)31-25(27)22-10-6-7-11-23(22)29-17-16-28-20-8-4-3-5-9-20/h3-15,18H,16-17H2,1-2H3. The van der Waals surface area contributed by atoms with Gasteiger partial charge in [0.05, 0.1) is 11.7 Å². The van der Waals surface area contributed by atoms with Crippen LogP contribution < -0.4 is 14.2 Å². The second-order valence-electron chi connectivity index (χ2n) is 6.87. The van der Waals surface area contributed by atoms with E-state index in [-0.39, 0.29) is 12.7 Å². The summed E-state index contributed by atoms with van der Waals surface area (Å²) in [6, 6.07) is 22.4. The van der Waals surface area contributed by atoms with Crippen LogP contribution in [-0.2, 0) is 4.74 Å². The second-order valence-corrected chi connectivity index (χ2v) is 6.87. The van der Waals surface area contributed by atoms with Crippen LogP contribution in [0, 0.1) is 0 Å². The van der Waals surface area contributed by atoms with E-state index in [1.54, 1.807) is 62.4 Å². The van der Waals surface area contributed by atoms with Crippen molar-refractivity contribution in [3.8, 4) is 17.2 Å². The van der Waals surface area contributed by atoms with Crippen molar-refractivity contribution in [2.45, 2.75) is 20.0 Å². The molecule has 0 aromatic heterocycles. The Morgan fingerprint density at radius 3 is 2.06 bits per heavy atom. The van der Waals surface area contributed by atoms with Crippen LogP contribution in [0.15, 0.2) is 78.9 Å². The molecule has 0 saturated carbocycles. The molecule has 0 aliphatic rings. The van der Waals surface area contributed by atoms with Crippen molar-refractivity contribution in [2.75, 3.05) is 13.2 Å². The van der Waals surface area contributed by atoms with Crippen LogP contribution in [0.4, 0.5) is 0 Å². The van der Waals surface area contributed by atoms with Gasteiger partial charge in [-0.2, -0.15) is 0 Å². The van der Waals surface area contributed by atoms with Gasteiger partial charge in [-0.3, -0.25) is 0 Å². The molecule has 0 aliphatic heterocycles. The molecule has 31 heavy (non-hydrogen) atoms. The minimum atomic E-state index is -0.558. The molecule has 0 aliphatic carbocycles. The third-order valence-electron chi connectivity index (χ3n) is 4.10. The van der Waals surface area contributed by atoms with Gasteiger partial charge < -0.3 is 18.9 Å². The number of para-hydroxylation sites is 2. The summed E-state index contributed by atoms with van der Waals surface area (Å²) in [5.41, 5.74) is 0.682. The van der Waals surface area contributed by atoms with E-state index in [0.717, 1.165) is 5.75 Å². The number of hydrogen-bond acceptors (Lipinski definition) is 6. The van der Waals surface area contributed by atoms with Crippen molar-refractivity contribution in [3.63, 3.8) is 0 Å². The van der Waals surface area contributed by atoms with Gasteiger partial charge >= 0.3 is 11.9 Å². The van der Waals surface area contributed by atoms with E-state index in [1.807, 2.05) is 30.3 Å². The summed E-state index contributed by atoms with van der Waals surface area (Å²) < 4.78 is 21.9. The maximum Gasteiger partial charge on any atom is 0.347 e. The number of carbonyl (C=O) groups is 2. The van der Waals surface area contributed by atoms with Gasteiger partial charge in [-0.15, -0.1) is 0 Å². The zero-order valence-electron chi connectivity index (χ0n) is 17.4. The molecular formula is C25H24O6. The van der Waals surface area contributed by atoms with Gasteiger partial charge in [-0.25, -0.2) is 9.59 Å². The predicted octanol–water partition coefficient (Wildman–Crippen LogP) is 4.93. The van der Waals surface area contributed by atoms with E-state index in [2.05, 4.69) is 0 Å². The highest BCUT2D eigenvalue weighted by Crippen LogP contribution is 2.21. The van der Waals surface area contributed by atoms with Crippen molar-refractivity contribution >= 4 is 11.9 Å². The average molecular weight is 420 g/mol. The molecule has 0 amide bonds. The fourth-order valence-corrected chi connectivity index (χ4v) is 2.69. The molecule has 0 spiro atoms. The van der Waals surface area contributed by atoms with E-state index < -0.39 is 11.9 Å². The maximum atomic E-state index is 12.6. The first kappa shape index (κ1) is 21.9. The summed E-state index contributed by atoms with van der Waals surface area (Å²) in [6.45, 7) is 4.16. The SMILES string of the molecule is CC(C)OC(=O)c1ccc(OC(=O)c2ccccc2OCCOc2ccccc2)cc1. The molecule has 160 valence electrons. The summed E-state index contributed by atoms with van der Waals surface area (Å²) in [4.78, 5) is 24.5. The smallest absolute Gasteiger partial charge is 0.347 e. The Balaban J connectivity index is 1.57. The van der Waals surface area contributed by atoms with Crippen molar-refractivity contribution < 1.29 is 28.5 Å². The summed E-state index contributed by atoms with van der Waals surface area (Å²) in [7, 11) is 0. The molecule has 3 rings (SSSR count). The van der Waals surface area contributed by atoms with Gasteiger partial charge in [-0.1, -0.05) is 30.3 Å². The topological polar surface area (TPSA) is 71.1 Å². The normalized spacial score (nSPS) is 10.4. The van der Waals surface area contributed by atoms with Crippen LogP contribution in [0.25, 0.3) is 0 Å². The molecular weight excluding hydrogens is 396 g/mol. The van der Waals surface area contributed by atoms with E-state index in [4.69, 9.17) is 18.9 Å². The van der Waals surface area contributed by atoms with E-state index in [1.165, 1.54) is 0 Å². The second kappa shape index (κ2) is 10.8. The lowest BCUT2D eigenvalue weighted by molar-refractivity contribution is 0.0378. The third kappa shape index (κ3) is 6.60. The minimum Gasteiger partial charge on any atom is -0.490 e. The zero-order valence-corrected chi connectivity index (χ0v) is 17.4. The van der Waals surface area contributed by atoms with Crippen LogP contribution in [0.2, 0.25) is 0 Å². The fraction of sp³-hybridized carbons (Fsp3) is 0.200.